The van der Waals surface area contributed by atoms with Gasteiger partial charge in [0.1, 0.15) is 5.82 Å². The average molecular weight is 362 g/mol. The molecule has 0 atom stereocenters. The predicted molar refractivity (Wildman–Crippen MR) is 92.4 cm³/mol. The molecule has 6 nitrogen and oxygen atoms in total. The van der Waals surface area contributed by atoms with Gasteiger partial charge in [0, 0.05) is 32.1 Å². The minimum absolute atomic E-state index is 0.104. The number of hydrogen-bond acceptors (Lipinski definition) is 3. The molecule has 1 heterocycles. The summed E-state index contributed by atoms with van der Waals surface area (Å²) in [6.45, 7) is 1.63. The van der Waals surface area contributed by atoms with E-state index in [-0.39, 0.29) is 23.0 Å². The number of piperazine rings is 1. The Balaban J connectivity index is 1.60. The van der Waals surface area contributed by atoms with Crippen LogP contribution in [0, 0.1) is 11.7 Å². The summed E-state index contributed by atoms with van der Waals surface area (Å²) in [7, 11) is 0. The van der Waals surface area contributed by atoms with Crippen molar-refractivity contribution in [3.63, 3.8) is 0 Å². The molecule has 2 amide bonds. The van der Waals surface area contributed by atoms with Crippen LogP contribution in [0.5, 0.6) is 0 Å². The number of amides is 2. The molecule has 26 heavy (non-hydrogen) atoms. The number of halogens is 1. The summed E-state index contributed by atoms with van der Waals surface area (Å²) in [4.78, 5) is 39.3. The standard InChI is InChI=1S/C19H23FN2O4/c20-16-12-14(19(25)26)6-7-15(16)18(24)22-10-8-21(9-11-22)17(23)13-4-2-1-3-5-13/h6-7,12-13H,1-5,8-11H2,(H,25,26). The SMILES string of the molecule is O=C(O)c1ccc(C(=O)N2CCN(C(=O)C3CCCCC3)CC2)c(F)c1. The first-order valence-electron chi connectivity index (χ1n) is 9.08. The molecule has 140 valence electrons. The van der Waals surface area contributed by atoms with Crippen molar-refractivity contribution in [1.29, 1.82) is 0 Å². The van der Waals surface area contributed by atoms with Crippen molar-refractivity contribution in [2.45, 2.75) is 32.1 Å². The van der Waals surface area contributed by atoms with Gasteiger partial charge in [-0.25, -0.2) is 9.18 Å². The van der Waals surface area contributed by atoms with E-state index in [9.17, 15) is 18.8 Å². The van der Waals surface area contributed by atoms with Crippen LogP contribution in [0.3, 0.4) is 0 Å². The fraction of sp³-hybridized carbons (Fsp3) is 0.526. The van der Waals surface area contributed by atoms with E-state index in [1.165, 1.54) is 23.5 Å². The third-order valence-corrected chi connectivity index (χ3v) is 5.28. The number of carboxylic acids is 1. The summed E-state index contributed by atoms with van der Waals surface area (Å²) < 4.78 is 14.1. The maximum atomic E-state index is 14.1. The van der Waals surface area contributed by atoms with Crippen LogP contribution in [0.15, 0.2) is 18.2 Å². The van der Waals surface area contributed by atoms with E-state index < -0.39 is 17.7 Å². The summed E-state index contributed by atoms with van der Waals surface area (Å²) in [5.41, 5.74) is -0.330. The van der Waals surface area contributed by atoms with Crippen LogP contribution in [-0.2, 0) is 4.79 Å². The lowest BCUT2D eigenvalue weighted by Crippen LogP contribution is -2.52. The van der Waals surface area contributed by atoms with E-state index >= 15 is 0 Å². The van der Waals surface area contributed by atoms with Crippen molar-refractivity contribution in [1.82, 2.24) is 9.80 Å². The monoisotopic (exact) mass is 362 g/mol. The van der Waals surface area contributed by atoms with E-state index in [0.717, 1.165) is 31.7 Å². The molecule has 0 spiro atoms. The van der Waals surface area contributed by atoms with Gasteiger partial charge in [-0.1, -0.05) is 19.3 Å². The summed E-state index contributed by atoms with van der Waals surface area (Å²) in [5.74, 6) is -2.27. The molecule has 0 bridgehead atoms. The zero-order valence-corrected chi connectivity index (χ0v) is 14.6. The third-order valence-electron chi connectivity index (χ3n) is 5.28. The van der Waals surface area contributed by atoms with Gasteiger partial charge in [-0.15, -0.1) is 0 Å². The zero-order chi connectivity index (χ0) is 18.7. The molecule has 2 aliphatic rings. The number of hydrogen-bond donors (Lipinski definition) is 1. The molecule has 1 aromatic carbocycles. The second kappa shape index (κ2) is 7.85. The van der Waals surface area contributed by atoms with E-state index in [4.69, 9.17) is 5.11 Å². The Hall–Kier alpha value is -2.44. The highest BCUT2D eigenvalue weighted by molar-refractivity contribution is 5.96. The average Bonchev–Trinajstić information content (AvgIpc) is 2.67. The van der Waals surface area contributed by atoms with Gasteiger partial charge in [0.2, 0.25) is 5.91 Å². The Bertz CT molecular complexity index is 707. The lowest BCUT2D eigenvalue weighted by atomic mass is 9.88. The first-order valence-corrected chi connectivity index (χ1v) is 9.08. The number of nitrogens with zero attached hydrogens (tertiary/aromatic N) is 2. The highest BCUT2D eigenvalue weighted by Gasteiger charge is 2.30. The molecule has 7 heteroatoms. The van der Waals surface area contributed by atoms with E-state index in [0.29, 0.717) is 26.2 Å². The van der Waals surface area contributed by atoms with Gasteiger partial charge in [-0.05, 0) is 31.0 Å². The lowest BCUT2D eigenvalue weighted by Gasteiger charge is -2.37. The van der Waals surface area contributed by atoms with Crippen molar-refractivity contribution in [2.24, 2.45) is 5.92 Å². The van der Waals surface area contributed by atoms with Gasteiger partial charge < -0.3 is 14.9 Å². The van der Waals surface area contributed by atoms with E-state index in [2.05, 4.69) is 0 Å². The van der Waals surface area contributed by atoms with E-state index in [1.54, 1.807) is 0 Å². The largest absolute Gasteiger partial charge is 0.478 e. The molecular weight excluding hydrogens is 339 g/mol. The van der Waals surface area contributed by atoms with Crippen molar-refractivity contribution >= 4 is 17.8 Å². The molecule has 1 aliphatic heterocycles. The molecule has 2 fully saturated rings. The summed E-state index contributed by atoms with van der Waals surface area (Å²) in [6.07, 6.45) is 5.28. The van der Waals surface area contributed by atoms with Crippen LogP contribution >= 0.6 is 0 Å². The maximum Gasteiger partial charge on any atom is 0.335 e. The Kier molecular flexibility index (Phi) is 5.54. The summed E-state index contributed by atoms with van der Waals surface area (Å²) in [5, 5.41) is 8.88. The summed E-state index contributed by atoms with van der Waals surface area (Å²) >= 11 is 0. The second-order valence-corrected chi connectivity index (χ2v) is 6.95. The lowest BCUT2D eigenvalue weighted by molar-refractivity contribution is -0.138. The number of carboxylic acid groups (broad SMARTS) is 1. The molecule has 1 N–H and O–H groups in total. The molecule has 0 aromatic heterocycles. The fourth-order valence-corrected chi connectivity index (χ4v) is 3.73. The predicted octanol–water partition coefficient (Wildman–Crippen LogP) is 2.39. The zero-order valence-electron chi connectivity index (χ0n) is 14.6. The highest BCUT2D eigenvalue weighted by Crippen LogP contribution is 2.26. The van der Waals surface area contributed by atoms with E-state index in [1.807, 2.05) is 4.90 Å². The van der Waals surface area contributed by atoms with Crippen LogP contribution in [0.25, 0.3) is 0 Å². The van der Waals surface area contributed by atoms with Crippen molar-refractivity contribution in [3.05, 3.63) is 35.1 Å². The Morgan fingerprint density at radius 1 is 0.962 bits per heavy atom. The molecule has 1 aromatic rings. The number of benzene rings is 1. The van der Waals surface area contributed by atoms with Crippen LogP contribution in [-0.4, -0.2) is 58.9 Å². The highest BCUT2D eigenvalue weighted by atomic mass is 19.1. The fourth-order valence-electron chi connectivity index (χ4n) is 3.73. The van der Waals surface area contributed by atoms with Gasteiger partial charge >= 0.3 is 5.97 Å². The van der Waals surface area contributed by atoms with Gasteiger partial charge in [0.05, 0.1) is 11.1 Å². The first-order chi connectivity index (χ1) is 12.5. The molecular formula is C19H23FN2O4. The molecule has 3 rings (SSSR count). The number of carbonyl (C=O) groups excluding carboxylic acids is 2. The minimum Gasteiger partial charge on any atom is -0.478 e. The van der Waals surface area contributed by atoms with Gasteiger partial charge in [0.25, 0.3) is 5.91 Å². The maximum absolute atomic E-state index is 14.1. The Labute approximate surface area is 151 Å². The normalized spacial score (nSPS) is 18.7. The first kappa shape index (κ1) is 18.4. The molecule has 1 saturated heterocycles. The number of carbonyl (C=O) groups is 3. The third kappa shape index (κ3) is 3.86. The molecule has 0 radical (unpaired) electrons. The van der Waals surface area contributed by atoms with Crippen LogP contribution in [0.4, 0.5) is 4.39 Å². The second-order valence-electron chi connectivity index (χ2n) is 6.95. The Morgan fingerprint density at radius 3 is 2.15 bits per heavy atom. The van der Waals surface area contributed by atoms with Crippen molar-refractivity contribution in [2.75, 3.05) is 26.2 Å². The smallest absolute Gasteiger partial charge is 0.335 e. The van der Waals surface area contributed by atoms with Crippen LogP contribution < -0.4 is 0 Å². The number of rotatable bonds is 3. The summed E-state index contributed by atoms with van der Waals surface area (Å²) in [6, 6.07) is 3.29. The van der Waals surface area contributed by atoms with Crippen molar-refractivity contribution in [3.8, 4) is 0 Å². The quantitative estimate of drug-likeness (QED) is 0.896. The topological polar surface area (TPSA) is 77.9 Å². The molecule has 0 unspecified atom stereocenters. The van der Waals surface area contributed by atoms with Crippen molar-refractivity contribution < 1.29 is 23.9 Å². The number of aromatic carboxylic acids is 1. The molecule has 1 saturated carbocycles. The van der Waals surface area contributed by atoms with Crippen LogP contribution in [0.1, 0.15) is 52.8 Å². The van der Waals surface area contributed by atoms with Gasteiger partial charge in [-0.2, -0.15) is 0 Å². The van der Waals surface area contributed by atoms with Gasteiger partial charge in [-0.3, -0.25) is 9.59 Å². The van der Waals surface area contributed by atoms with Crippen LogP contribution in [0.2, 0.25) is 0 Å². The Morgan fingerprint density at radius 2 is 1.58 bits per heavy atom. The minimum atomic E-state index is -1.24. The molecule has 1 aliphatic carbocycles. The van der Waals surface area contributed by atoms with Gasteiger partial charge in [0.15, 0.2) is 0 Å².